The van der Waals surface area contributed by atoms with Gasteiger partial charge in [-0.25, -0.2) is 12.8 Å². The average molecular weight is 316 g/mol. The Morgan fingerprint density at radius 2 is 1.90 bits per heavy atom. The third-order valence-electron chi connectivity index (χ3n) is 4.26. The Balaban J connectivity index is 2.04. The van der Waals surface area contributed by atoms with Gasteiger partial charge in [-0.15, -0.1) is 0 Å². The molecule has 0 heterocycles. The first kappa shape index (κ1) is 14.0. The molecule has 0 amide bonds. The fraction of sp³-hybridized carbons (Fsp3) is 0.500. The Morgan fingerprint density at radius 1 is 1.20 bits per heavy atom. The molecule has 0 atom stereocenters. The molecule has 0 aromatic heterocycles. The lowest BCUT2D eigenvalue weighted by molar-refractivity contribution is 0.288. The number of hydrogen-bond donors (Lipinski definition) is 0. The minimum Gasteiger partial charge on any atom is -0.256 e. The molecule has 0 saturated heterocycles. The van der Waals surface area contributed by atoms with E-state index in [-0.39, 0.29) is 10.6 Å². The summed E-state index contributed by atoms with van der Waals surface area (Å²) in [4.78, 5) is 4.32. The van der Waals surface area contributed by atoms with E-state index in [0.717, 1.165) is 37.1 Å². The SMILES string of the molecule is O=S(=O)(Cl)c1ccc(F)cc1N=C1CC2CCC1CC2. The summed E-state index contributed by atoms with van der Waals surface area (Å²) in [5.41, 5.74) is 1.13. The number of fused-ring (bicyclic) bond motifs is 3. The van der Waals surface area contributed by atoms with Crippen molar-refractivity contribution in [1.29, 1.82) is 0 Å². The minimum absolute atomic E-state index is 0.116. The van der Waals surface area contributed by atoms with Crippen molar-refractivity contribution in [3.8, 4) is 0 Å². The maximum absolute atomic E-state index is 13.4. The molecule has 4 rings (SSSR count). The van der Waals surface area contributed by atoms with Gasteiger partial charge in [0.25, 0.3) is 9.05 Å². The second-order valence-corrected chi connectivity index (χ2v) is 8.11. The van der Waals surface area contributed by atoms with Gasteiger partial charge in [-0.1, -0.05) is 0 Å². The van der Waals surface area contributed by atoms with E-state index in [9.17, 15) is 12.8 Å². The minimum atomic E-state index is -3.92. The summed E-state index contributed by atoms with van der Waals surface area (Å²) < 4.78 is 36.5. The van der Waals surface area contributed by atoms with Crippen LogP contribution in [0.1, 0.15) is 32.1 Å². The van der Waals surface area contributed by atoms with Crippen LogP contribution in [0, 0.1) is 17.7 Å². The van der Waals surface area contributed by atoms with Crippen LogP contribution in [-0.4, -0.2) is 14.1 Å². The standard InChI is InChI=1S/C14H15ClFNO2S/c15-20(18,19)14-6-5-11(16)8-13(14)17-12-7-9-1-3-10(12)4-2-9/h5-6,8-10H,1-4,7H2. The molecule has 2 bridgehead atoms. The Labute approximate surface area is 122 Å². The number of rotatable bonds is 2. The van der Waals surface area contributed by atoms with E-state index in [4.69, 9.17) is 10.7 Å². The van der Waals surface area contributed by atoms with Crippen LogP contribution in [0.15, 0.2) is 28.1 Å². The molecular formula is C14H15ClFNO2S. The summed E-state index contributed by atoms with van der Waals surface area (Å²) in [5, 5.41) is 0. The summed E-state index contributed by atoms with van der Waals surface area (Å²) >= 11 is 0. The Morgan fingerprint density at radius 3 is 2.45 bits per heavy atom. The molecule has 108 valence electrons. The zero-order chi connectivity index (χ0) is 14.3. The lowest BCUT2D eigenvalue weighted by Crippen LogP contribution is -2.31. The third kappa shape index (κ3) is 2.74. The Hall–Kier alpha value is -0.940. The van der Waals surface area contributed by atoms with Gasteiger partial charge in [0, 0.05) is 22.5 Å². The first-order chi connectivity index (χ1) is 9.43. The number of nitrogens with zero attached hydrogens (tertiary/aromatic N) is 1. The Bertz CT molecular complexity index is 664. The molecule has 0 spiro atoms. The number of benzene rings is 1. The number of halogens is 2. The van der Waals surface area contributed by atoms with Gasteiger partial charge >= 0.3 is 0 Å². The van der Waals surface area contributed by atoms with Crippen LogP contribution in [0.25, 0.3) is 0 Å². The van der Waals surface area contributed by atoms with Crippen LogP contribution in [0.5, 0.6) is 0 Å². The first-order valence-electron chi connectivity index (χ1n) is 6.75. The van der Waals surface area contributed by atoms with Crippen molar-refractivity contribution in [3.63, 3.8) is 0 Å². The summed E-state index contributed by atoms with van der Waals surface area (Å²) in [6.07, 6.45) is 5.52. The molecule has 3 nitrogen and oxygen atoms in total. The highest BCUT2D eigenvalue weighted by molar-refractivity contribution is 8.13. The van der Waals surface area contributed by atoms with Gasteiger partial charge < -0.3 is 0 Å². The molecule has 3 aliphatic rings. The highest BCUT2D eigenvalue weighted by Gasteiger charge is 2.32. The van der Waals surface area contributed by atoms with Gasteiger partial charge in [-0.05, 0) is 56.1 Å². The maximum Gasteiger partial charge on any atom is 0.263 e. The molecule has 6 heteroatoms. The van der Waals surface area contributed by atoms with Crippen molar-refractivity contribution >= 4 is 31.1 Å². The molecule has 1 aromatic rings. The molecule has 3 fully saturated rings. The fourth-order valence-electron chi connectivity index (χ4n) is 3.24. The number of hydrogen-bond acceptors (Lipinski definition) is 3. The van der Waals surface area contributed by atoms with Crippen LogP contribution < -0.4 is 0 Å². The highest BCUT2D eigenvalue weighted by Crippen LogP contribution is 2.41. The van der Waals surface area contributed by atoms with Crippen LogP contribution in [0.4, 0.5) is 10.1 Å². The highest BCUT2D eigenvalue weighted by atomic mass is 35.7. The van der Waals surface area contributed by atoms with E-state index in [0.29, 0.717) is 11.8 Å². The molecule has 0 N–H and O–H groups in total. The van der Waals surface area contributed by atoms with Crippen LogP contribution in [0.3, 0.4) is 0 Å². The zero-order valence-corrected chi connectivity index (χ0v) is 12.4. The van der Waals surface area contributed by atoms with Crippen molar-refractivity contribution in [2.75, 3.05) is 0 Å². The van der Waals surface area contributed by atoms with E-state index in [1.165, 1.54) is 18.9 Å². The van der Waals surface area contributed by atoms with E-state index in [1.54, 1.807) is 0 Å². The summed E-state index contributed by atoms with van der Waals surface area (Å²) in [6.45, 7) is 0. The monoisotopic (exact) mass is 315 g/mol. The molecule has 3 saturated carbocycles. The van der Waals surface area contributed by atoms with Crippen LogP contribution in [0.2, 0.25) is 0 Å². The summed E-state index contributed by atoms with van der Waals surface area (Å²) in [6, 6.07) is 3.41. The van der Waals surface area contributed by atoms with Crippen LogP contribution >= 0.6 is 10.7 Å². The normalized spacial score (nSPS) is 28.0. The van der Waals surface area contributed by atoms with Crippen molar-refractivity contribution in [1.82, 2.24) is 0 Å². The second-order valence-electron chi connectivity index (χ2n) is 5.57. The van der Waals surface area contributed by atoms with Crippen molar-refractivity contribution in [2.45, 2.75) is 37.0 Å². The topological polar surface area (TPSA) is 46.5 Å². The Kier molecular flexibility index (Phi) is 3.58. The quantitative estimate of drug-likeness (QED) is 0.773. The predicted molar refractivity (Wildman–Crippen MR) is 76.6 cm³/mol. The molecule has 20 heavy (non-hydrogen) atoms. The average Bonchev–Trinajstić information content (AvgIpc) is 2.38. The predicted octanol–water partition coefficient (Wildman–Crippen LogP) is 4.04. The molecule has 0 unspecified atom stereocenters. The molecule has 3 aliphatic carbocycles. The van der Waals surface area contributed by atoms with Crippen molar-refractivity contribution in [2.24, 2.45) is 16.8 Å². The van der Waals surface area contributed by atoms with E-state index >= 15 is 0 Å². The van der Waals surface area contributed by atoms with Gasteiger partial charge in [0.15, 0.2) is 0 Å². The van der Waals surface area contributed by atoms with Gasteiger partial charge in [0.1, 0.15) is 10.7 Å². The number of aliphatic imine (C=N–C) groups is 1. The van der Waals surface area contributed by atoms with Crippen molar-refractivity contribution < 1.29 is 12.8 Å². The summed E-state index contributed by atoms with van der Waals surface area (Å²) in [5.74, 6) is 0.548. The maximum atomic E-state index is 13.4. The van der Waals surface area contributed by atoms with Gasteiger partial charge in [-0.3, -0.25) is 4.99 Å². The molecule has 1 aromatic carbocycles. The fourth-order valence-corrected chi connectivity index (χ4v) is 4.21. The molecule has 0 aliphatic heterocycles. The van der Waals surface area contributed by atoms with E-state index in [2.05, 4.69) is 4.99 Å². The molecule has 0 radical (unpaired) electrons. The first-order valence-corrected chi connectivity index (χ1v) is 9.06. The lowest BCUT2D eigenvalue weighted by atomic mass is 9.69. The summed E-state index contributed by atoms with van der Waals surface area (Å²) in [7, 11) is 1.48. The van der Waals surface area contributed by atoms with Gasteiger partial charge in [-0.2, -0.15) is 0 Å². The second kappa shape index (κ2) is 5.11. The zero-order valence-electron chi connectivity index (χ0n) is 10.9. The van der Waals surface area contributed by atoms with E-state index in [1.807, 2.05) is 0 Å². The van der Waals surface area contributed by atoms with Gasteiger partial charge in [0.05, 0.1) is 5.69 Å². The van der Waals surface area contributed by atoms with Gasteiger partial charge in [0.2, 0.25) is 0 Å². The lowest BCUT2D eigenvalue weighted by Gasteiger charge is -2.37. The largest absolute Gasteiger partial charge is 0.263 e. The van der Waals surface area contributed by atoms with Crippen molar-refractivity contribution in [3.05, 3.63) is 24.0 Å². The third-order valence-corrected chi connectivity index (χ3v) is 5.63. The smallest absolute Gasteiger partial charge is 0.256 e. The van der Waals surface area contributed by atoms with Crippen LogP contribution in [-0.2, 0) is 9.05 Å². The van der Waals surface area contributed by atoms with E-state index < -0.39 is 14.9 Å². The molecular weight excluding hydrogens is 301 g/mol.